The summed E-state index contributed by atoms with van der Waals surface area (Å²) in [5.41, 5.74) is 10.2. The van der Waals surface area contributed by atoms with Gasteiger partial charge < -0.3 is 10.6 Å². The number of anilines is 2. The van der Waals surface area contributed by atoms with Gasteiger partial charge in [-0.1, -0.05) is 24.3 Å². The smallest absolute Gasteiger partial charge is 0.237 e. The molecule has 108 valence electrons. The monoisotopic (exact) mass is 298 g/mol. The lowest BCUT2D eigenvalue weighted by atomic mass is 10.2. The van der Waals surface area contributed by atoms with Crippen molar-refractivity contribution in [3.8, 4) is 0 Å². The van der Waals surface area contributed by atoms with E-state index in [2.05, 4.69) is 6.07 Å². The van der Waals surface area contributed by atoms with Crippen LogP contribution in [0.15, 0.2) is 47.4 Å². The Morgan fingerprint density at radius 2 is 2.10 bits per heavy atom. The van der Waals surface area contributed by atoms with Crippen LogP contribution in [0.25, 0.3) is 0 Å². The molecule has 0 atom stereocenters. The number of nitrogens with two attached hydrogens (primary N) is 1. The van der Waals surface area contributed by atoms with Crippen LogP contribution in [0.5, 0.6) is 0 Å². The molecular weight excluding hydrogens is 280 g/mol. The third-order valence-corrected chi connectivity index (χ3v) is 4.76. The summed E-state index contributed by atoms with van der Waals surface area (Å²) in [6.45, 7) is 2.81. The third kappa shape index (κ3) is 2.90. The normalized spacial score (nSPS) is 13.3. The van der Waals surface area contributed by atoms with Gasteiger partial charge in [0.05, 0.1) is 5.75 Å². The highest BCUT2D eigenvalue weighted by Gasteiger charge is 2.23. The maximum Gasteiger partial charge on any atom is 0.237 e. The van der Waals surface area contributed by atoms with Crippen molar-refractivity contribution < 1.29 is 4.79 Å². The zero-order chi connectivity index (χ0) is 14.8. The van der Waals surface area contributed by atoms with Gasteiger partial charge in [-0.3, -0.25) is 4.79 Å². The molecule has 2 aromatic rings. The van der Waals surface area contributed by atoms with Crippen molar-refractivity contribution in [3.63, 3.8) is 0 Å². The lowest BCUT2D eigenvalue weighted by Gasteiger charge is -2.17. The van der Waals surface area contributed by atoms with Crippen molar-refractivity contribution in [2.45, 2.75) is 18.2 Å². The summed E-state index contributed by atoms with van der Waals surface area (Å²) < 4.78 is 0. The predicted octanol–water partition coefficient (Wildman–Crippen LogP) is 3.26. The number of carbonyl (C=O) groups is 1. The molecule has 0 saturated heterocycles. The van der Waals surface area contributed by atoms with Crippen molar-refractivity contribution in [2.75, 3.05) is 22.9 Å². The number of nitrogen functional groups attached to an aromatic ring is 1. The first-order valence-corrected chi connectivity index (χ1v) is 8.01. The molecule has 0 radical (unpaired) electrons. The van der Waals surface area contributed by atoms with Crippen LogP contribution in [0.2, 0.25) is 0 Å². The van der Waals surface area contributed by atoms with E-state index < -0.39 is 0 Å². The summed E-state index contributed by atoms with van der Waals surface area (Å²) in [7, 11) is 0. The van der Waals surface area contributed by atoms with E-state index in [1.54, 1.807) is 0 Å². The van der Waals surface area contributed by atoms with Crippen molar-refractivity contribution in [1.82, 2.24) is 0 Å². The number of thioether (sulfide) groups is 1. The fraction of sp³-hybridized carbons (Fsp3) is 0.235. The average Bonchev–Trinajstić information content (AvgIpc) is 2.92. The van der Waals surface area contributed by atoms with Gasteiger partial charge in [0, 0.05) is 22.8 Å². The summed E-state index contributed by atoms with van der Waals surface area (Å²) in [5.74, 6) is 0.563. The topological polar surface area (TPSA) is 46.3 Å². The number of para-hydroxylation sites is 1. The fourth-order valence-corrected chi connectivity index (χ4v) is 3.52. The molecule has 2 N–H and O–H groups in total. The molecule has 0 fully saturated rings. The van der Waals surface area contributed by atoms with Crippen molar-refractivity contribution in [3.05, 3.63) is 53.6 Å². The standard InChI is InChI=1S/C17H18N2OS/c1-12-6-7-14(18)16(10-12)21-11-17(20)19-9-8-13-4-2-3-5-15(13)19/h2-7,10H,8-9,11,18H2,1H3. The molecule has 1 heterocycles. The lowest BCUT2D eigenvalue weighted by molar-refractivity contribution is -0.116. The second-order valence-electron chi connectivity index (χ2n) is 5.25. The van der Waals surface area contributed by atoms with Gasteiger partial charge in [-0.15, -0.1) is 11.8 Å². The molecule has 2 aromatic carbocycles. The Kier molecular flexibility index (Phi) is 3.88. The number of nitrogens with zero attached hydrogens (tertiary/aromatic N) is 1. The van der Waals surface area contributed by atoms with Gasteiger partial charge in [-0.2, -0.15) is 0 Å². The zero-order valence-electron chi connectivity index (χ0n) is 12.0. The number of carbonyl (C=O) groups excluding carboxylic acids is 1. The first kappa shape index (κ1) is 14.0. The summed E-state index contributed by atoms with van der Waals surface area (Å²) >= 11 is 1.51. The van der Waals surface area contributed by atoms with E-state index in [4.69, 9.17) is 5.73 Å². The van der Waals surface area contributed by atoms with E-state index in [1.165, 1.54) is 17.3 Å². The quantitative estimate of drug-likeness (QED) is 0.699. The third-order valence-electron chi connectivity index (χ3n) is 3.71. The summed E-state index contributed by atoms with van der Waals surface area (Å²) in [4.78, 5) is 15.3. The molecule has 0 saturated carbocycles. The van der Waals surface area contributed by atoms with E-state index in [1.807, 2.05) is 48.2 Å². The molecule has 21 heavy (non-hydrogen) atoms. The number of rotatable bonds is 3. The molecule has 0 unspecified atom stereocenters. The first-order chi connectivity index (χ1) is 10.1. The first-order valence-electron chi connectivity index (χ1n) is 7.02. The van der Waals surface area contributed by atoms with E-state index in [9.17, 15) is 4.79 Å². The van der Waals surface area contributed by atoms with Crippen LogP contribution in [-0.2, 0) is 11.2 Å². The minimum absolute atomic E-state index is 0.144. The van der Waals surface area contributed by atoms with Gasteiger partial charge in [0.2, 0.25) is 5.91 Å². The highest BCUT2D eigenvalue weighted by molar-refractivity contribution is 8.00. The Hall–Kier alpha value is -1.94. The van der Waals surface area contributed by atoms with Gasteiger partial charge in [0.1, 0.15) is 0 Å². The number of hydrogen-bond acceptors (Lipinski definition) is 3. The number of aryl methyl sites for hydroxylation is 1. The molecule has 0 aliphatic carbocycles. The molecule has 0 spiro atoms. The van der Waals surface area contributed by atoms with Gasteiger partial charge >= 0.3 is 0 Å². The number of amides is 1. The average molecular weight is 298 g/mol. The molecule has 4 heteroatoms. The van der Waals surface area contributed by atoms with Gasteiger partial charge in [0.25, 0.3) is 0 Å². The molecule has 3 nitrogen and oxygen atoms in total. The van der Waals surface area contributed by atoms with Gasteiger partial charge in [-0.25, -0.2) is 0 Å². The van der Waals surface area contributed by atoms with E-state index in [0.29, 0.717) is 5.75 Å². The largest absolute Gasteiger partial charge is 0.398 e. The summed E-state index contributed by atoms with van der Waals surface area (Å²) in [6, 6.07) is 14.0. The van der Waals surface area contributed by atoms with Gasteiger partial charge in [0.15, 0.2) is 0 Å². The van der Waals surface area contributed by atoms with E-state index >= 15 is 0 Å². The summed E-state index contributed by atoms with van der Waals surface area (Å²) in [5, 5.41) is 0. The maximum atomic E-state index is 12.4. The van der Waals surface area contributed by atoms with Crippen molar-refractivity contribution in [1.29, 1.82) is 0 Å². The lowest BCUT2D eigenvalue weighted by Crippen LogP contribution is -2.30. The fourth-order valence-electron chi connectivity index (χ4n) is 2.58. The van der Waals surface area contributed by atoms with E-state index in [-0.39, 0.29) is 5.91 Å². The minimum atomic E-state index is 0.144. The molecule has 1 aliphatic heterocycles. The summed E-state index contributed by atoms with van der Waals surface area (Å²) in [6.07, 6.45) is 0.944. The maximum absolute atomic E-state index is 12.4. The number of fused-ring (bicyclic) bond motifs is 1. The van der Waals surface area contributed by atoms with Crippen LogP contribution in [0.3, 0.4) is 0 Å². The molecular formula is C17H18N2OS. The molecule has 3 rings (SSSR count). The SMILES string of the molecule is Cc1ccc(N)c(SCC(=O)N2CCc3ccccc32)c1. The number of benzene rings is 2. The molecule has 0 bridgehead atoms. The van der Waals surface area contributed by atoms with E-state index in [0.717, 1.165) is 34.8 Å². The Balaban J connectivity index is 1.69. The van der Waals surface area contributed by atoms with Crippen molar-refractivity contribution in [2.24, 2.45) is 0 Å². The predicted molar refractivity (Wildman–Crippen MR) is 88.8 cm³/mol. The Bertz CT molecular complexity index is 684. The van der Waals surface area contributed by atoms with Crippen LogP contribution in [-0.4, -0.2) is 18.2 Å². The van der Waals surface area contributed by atoms with Crippen molar-refractivity contribution >= 4 is 29.0 Å². The Morgan fingerprint density at radius 1 is 1.29 bits per heavy atom. The minimum Gasteiger partial charge on any atom is -0.398 e. The number of hydrogen-bond donors (Lipinski definition) is 1. The molecule has 0 aromatic heterocycles. The van der Waals surface area contributed by atoms with Crippen LogP contribution >= 0.6 is 11.8 Å². The Morgan fingerprint density at radius 3 is 2.95 bits per heavy atom. The highest BCUT2D eigenvalue weighted by Crippen LogP contribution is 2.30. The molecule has 1 aliphatic rings. The zero-order valence-corrected chi connectivity index (χ0v) is 12.8. The Labute approximate surface area is 129 Å². The van der Waals surface area contributed by atoms with Crippen LogP contribution < -0.4 is 10.6 Å². The van der Waals surface area contributed by atoms with Gasteiger partial charge in [-0.05, 0) is 42.7 Å². The second-order valence-corrected chi connectivity index (χ2v) is 6.27. The second kappa shape index (κ2) is 5.82. The molecule has 1 amide bonds. The highest BCUT2D eigenvalue weighted by atomic mass is 32.2. The van der Waals surface area contributed by atoms with Crippen LogP contribution in [0, 0.1) is 6.92 Å². The van der Waals surface area contributed by atoms with Crippen LogP contribution in [0.1, 0.15) is 11.1 Å². The van der Waals surface area contributed by atoms with Crippen LogP contribution in [0.4, 0.5) is 11.4 Å².